The first-order valence-electron chi connectivity index (χ1n) is 18.2. The van der Waals surface area contributed by atoms with E-state index in [0.29, 0.717) is 24.1 Å². The molecule has 0 aliphatic carbocycles. The van der Waals surface area contributed by atoms with Gasteiger partial charge in [0, 0.05) is 24.7 Å². The van der Waals surface area contributed by atoms with Crippen LogP contribution in [0.15, 0.2) is 42.9 Å². The first-order chi connectivity index (χ1) is 25.4. The third kappa shape index (κ3) is 15.3. The molecule has 2 rings (SSSR count). The normalized spacial score (nSPS) is 15.1. The van der Waals surface area contributed by atoms with Gasteiger partial charge in [-0.15, -0.1) is 0 Å². The number of nitrogens with two attached hydrogens (primary N) is 2. The molecule has 0 radical (unpaired) electrons. The van der Waals surface area contributed by atoms with Crippen molar-refractivity contribution < 1.29 is 38.7 Å². The van der Waals surface area contributed by atoms with E-state index in [1.807, 2.05) is 27.7 Å². The van der Waals surface area contributed by atoms with E-state index in [-0.39, 0.29) is 31.1 Å². The fourth-order valence-electron chi connectivity index (χ4n) is 5.64. The summed E-state index contributed by atoms with van der Waals surface area (Å²) in [7, 11) is 0. The summed E-state index contributed by atoms with van der Waals surface area (Å²) in [4.78, 5) is 98.6. The Labute approximate surface area is 315 Å². The molecule has 298 valence electrons. The zero-order chi connectivity index (χ0) is 40.5. The van der Waals surface area contributed by atoms with Gasteiger partial charge in [-0.2, -0.15) is 0 Å². The van der Waals surface area contributed by atoms with Crippen LogP contribution in [0.5, 0.6) is 0 Å². The summed E-state index contributed by atoms with van der Waals surface area (Å²) in [5.74, 6) is -6.33. The number of rotatable bonds is 23. The Kier molecular flexibility index (Phi) is 18.3. The first-order valence-corrected chi connectivity index (χ1v) is 18.2. The summed E-state index contributed by atoms with van der Waals surface area (Å²) in [6, 6.07) is 1.46. The maximum absolute atomic E-state index is 14.0. The maximum atomic E-state index is 14.0. The van der Waals surface area contributed by atoms with Crippen LogP contribution in [0.25, 0.3) is 0 Å². The van der Waals surface area contributed by atoms with Gasteiger partial charge in [-0.05, 0) is 36.2 Å². The van der Waals surface area contributed by atoms with Crippen molar-refractivity contribution in [2.24, 2.45) is 29.2 Å². The molecule has 0 saturated heterocycles. The lowest BCUT2D eigenvalue weighted by Crippen LogP contribution is -2.61. The van der Waals surface area contributed by atoms with Crippen LogP contribution in [0.2, 0.25) is 0 Å². The Morgan fingerprint density at radius 1 is 0.722 bits per heavy atom. The molecule has 17 heteroatoms. The van der Waals surface area contributed by atoms with Gasteiger partial charge in [0.1, 0.15) is 30.2 Å². The summed E-state index contributed by atoms with van der Waals surface area (Å²) in [6.45, 7) is 10.9. The van der Waals surface area contributed by atoms with Crippen LogP contribution in [0, 0.1) is 17.8 Å². The van der Waals surface area contributed by atoms with Gasteiger partial charge in [0.05, 0.1) is 18.8 Å². The average molecular weight is 756 g/mol. The lowest BCUT2D eigenvalue weighted by atomic mass is 9.96. The number of aliphatic carboxylic acids is 1. The Balaban J connectivity index is 2.39. The molecule has 2 aromatic rings. The molecule has 17 nitrogen and oxygen atoms in total. The maximum Gasteiger partial charge on any atom is 0.326 e. The molecule has 1 heterocycles. The molecule has 1 aromatic heterocycles. The van der Waals surface area contributed by atoms with Crippen molar-refractivity contribution in [3.8, 4) is 0 Å². The zero-order valence-corrected chi connectivity index (χ0v) is 31.9. The largest absolute Gasteiger partial charge is 0.480 e. The molecule has 0 fully saturated rings. The van der Waals surface area contributed by atoms with Crippen molar-refractivity contribution in [1.29, 1.82) is 0 Å². The fraction of sp³-hybridized carbons (Fsp3) is 0.568. The van der Waals surface area contributed by atoms with E-state index < -0.39 is 90.0 Å². The quantitative estimate of drug-likeness (QED) is 0.0735. The van der Waals surface area contributed by atoms with Crippen molar-refractivity contribution in [1.82, 2.24) is 36.6 Å². The predicted molar refractivity (Wildman–Crippen MR) is 200 cm³/mol. The number of carboxylic acids is 1. The molecule has 0 bridgehead atoms. The second kappa shape index (κ2) is 22.0. The minimum Gasteiger partial charge on any atom is -0.480 e. The summed E-state index contributed by atoms with van der Waals surface area (Å²) in [5, 5.41) is 22.8. The molecule has 0 unspecified atom stereocenters. The highest BCUT2D eigenvalue weighted by Gasteiger charge is 2.35. The molecular formula is C37H57N9O8. The number of H-pyrrole nitrogens is 1. The van der Waals surface area contributed by atoms with Crippen molar-refractivity contribution in [3.63, 3.8) is 0 Å². The zero-order valence-electron chi connectivity index (χ0n) is 31.9. The third-order valence-corrected chi connectivity index (χ3v) is 8.74. The first kappa shape index (κ1) is 44.8. The monoisotopic (exact) mass is 755 g/mol. The van der Waals surface area contributed by atoms with Gasteiger partial charge in [0.2, 0.25) is 35.4 Å². The van der Waals surface area contributed by atoms with Crippen LogP contribution in [0.1, 0.15) is 78.5 Å². The number of hydrogen-bond donors (Lipinski definition) is 9. The molecule has 54 heavy (non-hydrogen) atoms. The van der Waals surface area contributed by atoms with Crippen molar-refractivity contribution in [2.45, 2.75) is 116 Å². The van der Waals surface area contributed by atoms with Gasteiger partial charge in [0.15, 0.2) is 0 Å². The smallest absolute Gasteiger partial charge is 0.326 e. The van der Waals surface area contributed by atoms with Crippen LogP contribution in [0.4, 0.5) is 0 Å². The molecular weight excluding hydrogens is 698 g/mol. The number of imidazole rings is 1. The van der Waals surface area contributed by atoms with Crippen LogP contribution in [-0.2, 0) is 46.4 Å². The van der Waals surface area contributed by atoms with Crippen molar-refractivity contribution >= 4 is 41.4 Å². The van der Waals surface area contributed by atoms with E-state index in [4.69, 9.17) is 11.5 Å². The van der Waals surface area contributed by atoms with Gasteiger partial charge in [-0.25, -0.2) is 9.78 Å². The minimum absolute atomic E-state index is 0.0277. The SMILES string of the molecule is CC[C@H](C)[C@H](NC(=O)[C@H](Cc1cnc[nH]1)NC(=O)[C@H](CC(N)=O)NC(=O)[C@@H](N)CC(C)C)C(=O)N[C@@H](Cc1ccccc1)C(=O)N[C@@H](CC(C)C)C(=O)O. The summed E-state index contributed by atoms with van der Waals surface area (Å²) < 4.78 is 0. The number of hydrogen-bond acceptors (Lipinski definition) is 9. The number of aromatic nitrogens is 2. The Morgan fingerprint density at radius 2 is 1.26 bits per heavy atom. The number of aromatic amines is 1. The third-order valence-electron chi connectivity index (χ3n) is 8.74. The number of carbonyl (C=O) groups is 7. The molecule has 1 aromatic carbocycles. The molecule has 7 atom stereocenters. The van der Waals surface area contributed by atoms with Gasteiger partial charge < -0.3 is 48.1 Å². The molecule has 0 saturated carbocycles. The highest BCUT2D eigenvalue weighted by molar-refractivity contribution is 5.97. The minimum atomic E-state index is -1.46. The average Bonchev–Trinajstić information content (AvgIpc) is 3.61. The Bertz CT molecular complexity index is 1550. The van der Waals surface area contributed by atoms with E-state index in [0.717, 1.165) is 0 Å². The number of carbonyl (C=O) groups excluding carboxylic acids is 6. The van der Waals surface area contributed by atoms with Crippen molar-refractivity contribution in [3.05, 3.63) is 54.1 Å². The number of nitrogens with zero attached hydrogens (tertiary/aromatic N) is 1. The number of nitrogens with one attached hydrogen (secondary N) is 6. The van der Waals surface area contributed by atoms with E-state index in [9.17, 15) is 38.7 Å². The molecule has 0 aliphatic rings. The number of amides is 6. The molecule has 11 N–H and O–H groups in total. The highest BCUT2D eigenvalue weighted by Crippen LogP contribution is 2.13. The number of primary amides is 1. The standard InChI is InChI=1S/C37H57N9O8/c1-7-22(6)31(36(52)44-26(15-23-11-9-8-10-12-23)33(49)45-29(37(53)54)14-21(4)5)46-35(51)27(16-24-18-40-19-41-24)43-34(50)28(17-30(39)47)42-32(48)25(38)13-20(2)3/h8-12,18-22,25-29,31H,7,13-17,38H2,1-6H3,(H2,39,47)(H,40,41)(H,42,48)(H,43,50)(H,44,52)(H,45,49)(H,46,51)(H,53,54)/t22-,25-,26-,27-,28-,29-,31-/m0/s1. The van der Waals surface area contributed by atoms with Crippen molar-refractivity contribution in [2.75, 3.05) is 0 Å². The Hall–Kier alpha value is -5.32. The van der Waals surface area contributed by atoms with Gasteiger partial charge in [0.25, 0.3) is 0 Å². The van der Waals surface area contributed by atoms with E-state index >= 15 is 0 Å². The van der Waals surface area contributed by atoms with Gasteiger partial charge in [-0.1, -0.05) is 78.3 Å². The number of carboxylic acid groups (broad SMARTS) is 1. The van der Waals surface area contributed by atoms with Crippen LogP contribution in [0.3, 0.4) is 0 Å². The predicted octanol–water partition coefficient (Wildman–Crippen LogP) is 0.0445. The van der Waals surface area contributed by atoms with Gasteiger partial charge >= 0.3 is 5.97 Å². The number of benzene rings is 1. The molecule has 0 spiro atoms. The highest BCUT2D eigenvalue weighted by atomic mass is 16.4. The fourth-order valence-corrected chi connectivity index (χ4v) is 5.64. The van der Waals surface area contributed by atoms with Crippen LogP contribution in [-0.4, -0.2) is 92.7 Å². The second-order valence-corrected chi connectivity index (χ2v) is 14.5. The lowest BCUT2D eigenvalue weighted by Gasteiger charge is -2.29. The van der Waals surface area contributed by atoms with E-state index in [2.05, 4.69) is 36.6 Å². The van der Waals surface area contributed by atoms with E-state index in [1.165, 1.54) is 12.5 Å². The summed E-state index contributed by atoms with van der Waals surface area (Å²) in [5.41, 5.74) is 12.5. The van der Waals surface area contributed by atoms with E-state index in [1.54, 1.807) is 44.2 Å². The Morgan fingerprint density at radius 3 is 1.80 bits per heavy atom. The second-order valence-electron chi connectivity index (χ2n) is 14.5. The lowest BCUT2D eigenvalue weighted by molar-refractivity contribution is -0.143. The van der Waals surface area contributed by atoms with Crippen LogP contribution < -0.4 is 38.1 Å². The van der Waals surface area contributed by atoms with Gasteiger partial charge in [-0.3, -0.25) is 28.8 Å². The topological polar surface area (TPSA) is 281 Å². The summed E-state index contributed by atoms with van der Waals surface area (Å²) >= 11 is 0. The van der Waals surface area contributed by atoms with Crippen LogP contribution >= 0.6 is 0 Å². The molecule has 6 amide bonds. The molecule has 0 aliphatic heterocycles. The summed E-state index contributed by atoms with van der Waals surface area (Å²) in [6.07, 6.45) is 3.04.